The molecular weight excluding hydrogens is 511 g/mol. The molecule has 0 aliphatic carbocycles. The molecule has 0 unspecified atom stereocenters. The molecule has 0 aromatic heterocycles. The Morgan fingerprint density at radius 2 is 1.89 bits per heavy atom. The first-order chi connectivity index (χ1) is 12.5. The molecule has 8 nitrogen and oxygen atoms in total. The predicted octanol–water partition coefficient (Wildman–Crippen LogP) is 2.12. The van der Waals surface area contributed by atoms with E-state index >= 15 is 0 Å². The quantitative estimate of drug-likeness (QED) is 0.314. The van der Waals surface area contributed by atoms with Crippen molar-refractivity contribution in [2.24, 2.45) is 4.99 Å². The van der Waals surface area contributed by atoms with E-state index in [-0.39, 0.29) is 49.6 Å². The van der Waals surface area contributed by atoms with Crippen LogP contribution in [0.3, 0.4) is 0 Å². The van der Waals surface area contributed by atoms with Gasteiger partial charge >= 0.3 is 6.61 Å². The van der Waals surface area contributed by atoms with E-state index in [4.69, 9.17) is 9.47 Å². The fraction of sp³-hybridized carbons (Fsp3) is 0.562. The Morgan fingerprint density at radius 3 is 2.43 bits per heavy atom. The zero-order chi connectivity index (χ0) is 20.2. The highest BCUT2D eigenvalue weighted by Gasteiger charge is 2.30. The van der Waals surface area contributed by atoms with Crippen LogP contribution in [-0.2, 0) is 16.4 Å². The minimum atomic E-state index is -3.28. The van der Waals surface area contributed by atoms with Crippen molar-refractivity contribution in [3.63, 3.8) is 0 Å². The normalized spacial score (nSPS) is 13.9. The van der Waals surface area contributed by atoms with Crippen molar-refractivity contribution in [2.45, 2.75) is 31.8 Å². The molecule has 0 bridgehead atoms. The number of nitrogens with zero attached hydrogens (tertiary/aromatic N) is 1. The lowest BCUT2D eigenvalue weighted by atomic mass is 10.1. The third-order valence-corrected chi connectivity index (χ3v) is 6.28. The molecule has 1 aromatic carbocycles. The fourth-order valence-electron chi connectivity index (χ4n) is 2.14. The molecule has 0 fully saturated rings. The number of halogens is 3. The first-order valence-electron chi connectivity index (χ1n) is 8.05. The van der Waals surface area contributed by atoms with Gasteiger partial charge in [-0.3, -0.25) is 4.99 Å². The van der Waals surface area contributed by atoms with Gasteiger partial charge in [-0.05, 0) is 19.9 Å². The predicted molar refractivity (Wildman–Crippen MR) is 112 cm³/mol. The Morgan fingerprint density at radius 1 is 1.29 bits per heavy atom. The Kier molecular flexibility index (Phi) is 8.53. The van der Waals surface area contributed by atoms with Crippen LogP contribution in [0.25, 0.3) is 0 Å². The number of hydrogen-bond acceptors (Lipinski definition) is 6. The maximum Gasteiger partial charge on any atom is 0.387 e. The number of nitrogens with one attached hydrogen (secondary N) is 2. The molecular formula is C16H24F2IN3O5S. The summed E-state index contributed by atoms with van der Waals surface area (Å²) in [4.78, 5) is 4.01. The summed E-state index contributed by atoms with van der Waals surface area (Å²) in [5.74, 6) is 1.02. The maximum atomic E-state index is 12.7. The smallest absolute Gasteiger partial charge is 0.387 e. The van der Waals surface area contributed by atoms with Gasteiger partial charge in [0.05, 0.1) is 4.75 Å². The lowest BCUT2D eigenvalue weighted by molar-refractivity contribution is -0.0505. The number of aliphatic imine (C=N–C) groups is 1. The van der Waals surface area contributed by atoms with E-state index in [0.717, 1.165) is 6.26 Å². The molecule has 1 aliphatic rings. The molecule has 0 radical (unpaired) electrons. The van der Waals surface area contributed by atoms with E-state index in [2.05, 4.69) is 20.4 Å². The van der Waals surface area contributed by atoms with E-state index < -0.39 is 21.2 Å². The molecule has 1 heterocycles. The maximum absolute atomic E-state index is 12.7. The van der Waals surface area contributed by atoms with Crippen LogP contribution in [0, 0.1) is 0 Å². The van der Waals surface area contributed by atoms with Crippen molar-refractivity contribution < 1.29 is 31.4 Å². The first-order valence-corrected chi connectivity index (χ1v) is 9.94. The highest BCUT2D eigenvalue weighted by Crippen LogP contribution is 2.38. The molecule has 0 atom stereocenters. The van der Waals surface area contributed by atoms with Crippen LogP contribution in [0.15, 0.2) is 17.1 Å². The van der Waals surface area contributed by atoms with Crippen LogP contribution >= 0.6 is 24.0 Å². The van der Waals surface area contributed by atoms with Crippen LogP contribution < -0.4 is 24.8 Å². The number of fused-ring (bicyclic) bond motifs is 1. The topological polar surface area (TPSA) is 98.2 Å². The lowest BCUT2D eigenvalue weighted by Crippen LogP contribution is -2.47. The SMILES string of the molecule is CN=C(NCc1cc2c(cc1OC(F)F)OCO2)NCC(C)(C)S(C)(=O)=O.I. The molecule has 0 saturated carbocycles. The van der Waals surface area contributed by atoms with Crippen LogP contribution in [0.4, 0.5) is 8.78 Å². The first kappa shape index (κ1) is 24.5. The summed E-state index contributed by atoms with van der Waals surface area (Å²) < 4.78 is 62.9. The number of benzene rings is 1. The van der Waals surface area contributed by atoms with Gasteiger partial charge in [0.15, 0.2) is 27.3 Å². The number of ether oxygens (including phenoxy) is 3. The lowest BCUT2D eigenvalue weighted by Gasteiger charge is -2.24. The minimum absolute atomic E-state index is 0. The molecule has 1 aromatic rings. The van der Waals surface area contributed by atoms with Crippen LogP contribution in [-0.4, -0.2) is 52.4 Å². The highest BCUT2D eigenvalue weighted by atomic mass is 127. The van der Waals surface area contributed by atoms with Gasteiger partial charge in [0.1, 0.15) is 5.75 Å². The number of guanidine groups is 1. The van der Waals surface area contributed by atoms with Gasteiger partial charge in [-0.25, -0.2) is 8.42 Å². The molecule has 0 saturated heterocycles. The number of hydrogen-bond donors (Lipinski definition) is 2. The van der Waals surface area contributed by atoms with Crippen molar-refractivity contribution >= 4 is 39.8 Å². The molecule has 28 heavy (non-hydrogen) atoms. The Labute approximate surface area is 180 Å². The molecule has 2 N–H and O–H groups in total. The molecule has 1 aliphatic heterocycles. The average molecular weight is 535 g/mol. The summed E-state index contributed by atoms with van der Waals surface area (Å²) in [6.07, 6.45) is 1.16. The molecule has 0 amide bonds. The van der Waals surface area contributed by atoms with Crippen LogP contribution in [0.5, 0.6) is 17.2 Å². The Bertz CT molecular complexity index is 819. The Balaban J connectivity index is 0.00000392. The summed E-state index contributed by atoms with van der Waals surface area (Å²) >= 11 is 0. The largest absolute Gasteiger partial charge is 0.454 e. The van der Waals surface area contributed by atoms with Crippen LogP contribution in [0.1, 0.15) is 19.4 Å². The van der Waals surface area contributed by atoms with E-state index in [0.29, 0.717) is 23.0 Å². The molecule has 12 heteroatoms. The van der Waals surface area contributed by atoms with E-state index in [1.165, 1.54) is 13.1 Å². The number of rotatable bonds is 7. The van der Waals surface area contributed by atoms with Crippen molar-refractivity contribution in [1.29, 1.82) is 0 Å². The van der Waals surface area contributed by atoms with E-state index in [9.17, 15) is 17.2 Å². The second kappa shape index (κ2) is 9.76. The summed E-state index contributed by atoms with van der Waals surface area (Å²) in [6.45, 7) is 0.413. The highest BCUT2D eigenvalue weighted by molar-refractivity contribution is 14.0. The van der Waals surface area contributed by atoms with Crippen LogP contribution in [0.2, 0.25) is 0 Å². The second-order valence-corrected chi connectivity index (χ2v) is 9.15. The third kappa shape index (κ3) is 6.22. The van der Waals surface area contributed by atoms with Crippen molar-refractivity contribution in [2.75, 3.05) is 26.6 Å². The van der Waals surface area contributed by atoms with Gasteiger partial charge in [0.25, 0.3) is 0 Å². The van der Waals surface area contributed by atoms with Crippen molar-refractivity contribution in [1.82, 2.24) is 10.6 Å². The summed E-state index contributed by atoms with van der Waals surface area (Å²) in [7, 11) is -1.77. The van der Waals surface area contributed by atoms with Gasteiger partial charge in [-0.2, -0.15) is 8.78 Å². The third-order valence-electron chi connectivity index (χ3n) is 4.13. The Hall–Kier alpha value is -1.57. The molecule has 160 valence electrons. The number of alkyl halides is 2. The van der Waals surface area contributed by atoms with Gasteiger partial charge in [0, 0.05) is 38.0 Å². The van der Waals surface area contributed by atoms with Crippen molar-refractivity contribution in [3.05, 3.63) is 17.7 Å². The monoisotopic (exact) mass is 535 g/mol. The second-order valence-electron chi connectivity index (χ2n) is 6.50. The standard InChI is InChI=1S/C16H23F2N3O5S.HI/c1-16(2,27(4,22)23)8-21-15(19-3)20-7-10-5-12-13(25-9-24-12)6-11(10)26-14(17)18;/h5-6,14H,7-9H2,1-4H3,(H2,19,20,21);1H. The zero-order valence-corrected chi connectivity index (χ0v) is 19.1. The summed E-state index contributed by atoms with van der Waals surface area (Å²) in [5, 5.41) is 5.85. The van der Waals surface area contributed by atoms with Gasteiger partial charge < -0.3 is 24.8 Å². The zero-order valence-electron chi connectivity index (χ0n) is 15.9. The van der Waals surface area contributed by atoms with Crippen molar-refractivity contribution in [3.8, 4) is 17.2 Å². The molecule has 0 spiro atoms. The van der Waals surface area contributed by atoms with E-state index in [1.54, 1.807) is 19.9 Å². The summed E-state index contributed by atoms with van der Waals surface area (Å²) in [6, 6.07) is 2.88. The fourth-order valence-corrected chi connectivity index (χ4v) is 2.47. The van der Waals surface area contributed by atoms with Gasteiger partial charge in [-0.1, -0.05) is 0 Å². The van der Waals surface area contributed by atoms with E-state index in [1.807, 2.05) is 0 Å². The van der Waals surface area contributed by atoms with Gasteiger partial charge in [-0.15, -0.1) is 24.0 Å². The molecule has 2 rings (SSSR count). The summed E-state index contributed by atoms with van der Waals surface area (Å²) in [5.41, 5.74) is 0.407. The van der Waals surface area contributed by atoms with Gasteiger partial charge in [0.2, 0.25) is 6.79 Å². The average Bonchev–Trinajstić information content (AvgIpc) is 3.00. The number of sulfone groups is 1. The minimum Gasteiger partial charge on any atom is -0.454 e.